The van der Waals surface area contributed by atoms with Gasteiger partial charge in [-0.3, -0.25) is 0 Å². The summed E-state index contributed by atoms with van der Waals surface area (Å²) < 4.78 is 0. The van der Waals surface area contributed by atoms with Gasteiger partial charge in [-0.2, -0.15) is 0 Å². The van der Waals surface area contributed by atoms with Crippen molar-refractivity contribution in [3.8, 4) is 0 Å². The Bertz CT molecular complexity index is 332. The Morgan fingerprint density at radius 3 is 2.65 bits per heavy atom. The maximum Gasteiger partial charge on any atom is 0.0715 e. The highest BCUT2D eigenvalue weighted by Gasteiger charge is 2.22. The molecule has 17 heavy (non-hydrogen) atoms. The molecule has 1 unspecified atom stereocenters. The number of aryl methyl sites for hydroxylation is 1. The van der Waals surface area contributed by atoms with Gasteiger partial charge in [-0.25, -0.2) is 0 Å². The van der Waals surface area contributed by atoms with Crippen LogP contribution in [0.1, 0.15) is 51.0 Å². The first-order valence-electron chi connectivity index (χ1n) is 7.49. The average molecular weight is 246 g/mol. The highest BCUT2D eigenvalue weighted by molar-refractivity contribution is 6.74. The number of rotatable bonds is 7. The average Bonchev–Trinajstić information content (AvgIpc) is 2.77. The number of fused-ring (bicyclic) bond motifs is 1. The molecule has 0 N–H and O–H groups in total. The minimum absolute atomic E-state index is 0.537. The van der Waals surface area contributed by atoms with Gasteiger partial charge in [-0.05, 0) is 12.0 Å². The molecule has 1 heterocycles. The van der Waals surface area contributed by atoms with Crippen molar-refractivity contribution in [3.05, 3.63) is 29.8 Å². The van der Waals surface area contributed by atoms with Gasteiger partial charge in [0.1, 0.15) is 0 Å². The summed E-state index contributed by atoms with van der Waals surface area (Å²) >= 11 is 0. The molecule has 0 nitrogen and oxygen atoms in total. The maximum atomic E-state index is 2.41. The third-order valence-corrected chi connectivity index (χ3v) is 7.70. The molecule has 1 atom stereocenters. The molecule has 0 saturated heterocycles. The molecule has 1 aliphatic heterocycles. The van der Waals surface area contributed by atoms with Crippen LogP contribution in [0.3, 0.4) is 0 Å². The van der Waals surface area contributed by atoms with Crippen molar-refractivity contribution in [3.63, 3.8) is 0 Å². The van der Waals surface area contributed by atoms with Crippen molar-refractivity contribution < 1.29 is 0 Å². The van der Waals surface area contributed by atoms with Crippen LogP contribution in [0.5, 0.6) is 0 Å². The first-order valence-corrected chi connectivity index (χ1v) is 9.70. The minimum atomic E-state index is -0.537. The van der Waals surface area contributed by atoms with Crippen LogP contribution < -0.4 is 5.19 Å². The van der Waals surface area contributed by atoms with Crippen LogP contribution >= 0.6 is 0 Å². The molecule has 1 aliphatic rings. The Balaban J connectivity index is 1.68. The highest BCUT2D eigenvalue weighted by atomic mass is 28.3. The molecule has 0 bridgehead atoms. The second kappa shape index (κ2) is 7.00. The van der Waals surface area contributed by atoms with Crippen LogP contribution in [0.25, 0.3) is 0 Å². The zero-order valence-electron chi connectivity index (χ0n) is 11.3. The summed E-state index contributed by atoms with van der Waals surface area (Å²) in [6.45, 7) is 2.29. The standard InChI is InChI=1S/C16H26Si/c1-2-3-4-5-6-9-13-17-14-12-15-10-7-8-11-16(15)17/h7-8,10-11,17H,2-6,9,12-14H2,1H3. The van der Waals surface area contributed by atoms with Gasteiger partial charge in [0.15, 0.2) is 0 Å². The summed E-state index contributed by atoms with van der Waals surface area (Å²) in [5.74, 6) is 0. The van der Waals surface area contributed by atoms with E-state index in [9.17, 15) is 0 Å². The monoisotopic (exact) mass is 246 g/mol. The van der Waals surface area contributed by atoms with Crippen LogP contribution in [-0.4, -0.2) is 8.80 Å². The molecule has 0 spiro atoms. The summed E-state index contributed by atoms with van der Waals surface area (Å²) in [5, 5.41) is 1.79. The smallest absolute Gasteiger partial charge is 0.0654 e. The van der Waals surface area contributed by atoms with E-state index in [1.807, 2.05) is 0 Å². The van der Waals surface area contributed by atoms with Gasteiger partial charge in [-0.1, -0.05) is 87.0 Å². The number of hydrogen-bond acceptors (Lipinski definition) is 0. The number of unbranched alkanes of at least 4 members (excludes halogenated alkanes) is 5. The molecule has 1 heteroatoms. The van der Waals surface area contributed by atoms with E-state index in [1.54, 1.807) is 16.8 Å². The predicted octanol–water partition coefficient (Wildman–Crippen LogP) is 4.04. The second-order valence-electron chi connectivity index (χ2n) is 5.49. The summed E-state index contributed by atoms with van der Waals surface area (Å²) in [5.41, 5.74) is 1.68. The SMILES string of the molecule is CCCCCCCC[SiH]1CCc2ccccc21. The molecule has 1 aromatic carbocycles. The van der Waals surface area contributed by atoms with E-state index >= 15 is 0 Å². The first-order chi connectivity index (χ1) is 8.42. The van der Waals surface area contributed by atoms with E-state index in [-0.39, 0.29) is 0 Å². The largest absolute Gasteiger partial charge is 0.0715 e. The molecule has 0 fully saturated rings. The quantitative estimate of drug-likeness (QED) is 0.503. The van der Waals surface area contributed by atoms with Gasteiger partial charge in [0, 0.05) is 0 Å². The van der Waals surface area contributed by atoms with Crippen LogP contribution in [-0.2, 0) is 6.42 Å². The van der Waals surface area contributed by atoms with Gasteiger partial charge in [0.2, 0.25) is 0 Å². The Kier molecular flexibility index (Phi) is 5.31. The molecule has 0 radical (unpaired) electrons. The Labute approximate surface area is 108 Å². The molecular weight excluding hydrogens is 220 g/mol. The summed E-state index contributed by atoms with van der Waals surface area (Å²) in [7, 11) is -0.537. The summed E-state index contributed by atoms with van der Waals surface area (Å²) in [6.07, 6.45) is 10.1. The lowest BCUT2D eigenvalue weighted by Gasteiger charge is -2.09. The van der Waals surface area contributed by atoms with Gasteiger partial charge >= 0.3 is 0 Å². The van der Waals surface area contributed by atoms with Crippen LogP contribution in [0.2, 0.25) is 12.1 Å². The predicted molar refractivity (Wildman–Crippen MR) is 79.9 cm³/mol. The number of benzene rings is 1. The lowest BCUT2D eigenvalue weighted by atomic mass is 10.1. The zero-order valence-corrected chi connectivity index (χ0v) is 12.4. The normalized spacial score (nSPS) is 18.3. The van der Waals surface area contributed by atoms with Crippen LogP contribution in [0.4, 0.5) is 0 Å². The molecule has 0 aromatic heterocycles. The van der Waals surface area contributed by atoms with Crippen molar-refractivity contribution in [2.45, 2.75) is 64.0 Å². The fourth-order valence-electron chi connectivity index (χ4n) is 3.12. The Morgan fingerprint density at radius 1 is 1.00 bits per heavy atom. The fraction of sp³-hybridized carbons (Fsp3) is 0.625. The van der Waals surface area contributed by atoms with E-state index in [2.05, 4.69) is 31.2 Å². The van der Waals surface area contributed by atoms with E-state index in [1.165, 1.54) is 51.0 Å². The van der Waals surface area contributed by atoms with Crippen molar-refractivity contribution in [1.82, 2.24) is 0 Å². The maximum absolute atomic E-state index is 2.41. The van der Waals surface area contributed by atoms with Gasteiger partial charge in [-0.15, -0.1) is 0 Å². The third-order valence-electron chi connectivity index (χ3n) is 4.16. The molecule has 2 rings (SSSR count). The van der Waals surface area contributed by atoms with Crippen molar-refractivity contribution in [2.75, 3.05) is 0 Å². The topological polar surface area (TPSA) is 0 Å². The highest BCUT2D eigenvalue weighted by Crippen LogP contribution is 2.19. The molecule has 0 amide bonds. The Morgan fingerprint density at radius 2 is 1.76 bits per heavy atom. The van der Waals surface area contributed by atoms with E-state index in [0.717, 1.165) is 0 Å². The second-order valence-corrected chi connectivity index (χ2v) is 8.66. The Hall–Kier alpha value is -0.563. The van der Waals surface area contributed by atoms with Gasteiger partial charge in [0.05, 0.1) is 8.80 Å². The van der Waals surface area contributed by atoms with Crippen LogP contribution in [0.15, 0.2) is 24.3 Å². The van der Waals surface area contributed by atoms with Crippen molar-refractivity contribution in [1.29, 1.82) is 0 Å². The van der Waals surface area contributed by atoms with Crippen LogP contribution in [0, 0.1) is 0 Å². The first kappa shape index (κ1) is 12.9. The molecule has 0 aliphatic carbocycles. The number of hydrogen-bond donors (Lipinski definition) is 0. The fourth-order valence-corrected chi connectivity index (χ4v) is 6.62. The lowest BCUT2D eigenvalue weighted by Crippen LogP contribution is -2.25. The van der Waals surface area contributed by atoms with E-state index in [4.69, 9.17) is 0 Å². The van der Waals surface area contributed by atoms with Crippen molar-refractivity contribution >= 4 is 14.0 Å². The van der Waals surface area contributed by atoms with Gasteiger partial charge in [0.25, 0.3) is 0 Å². The molecular formula is C16H26Si. The zero-order chi connectivity index (χ0) is 11.9. The summed E-state index contributed by atoms with van der Waals surface area (Å²) in [4.78, 5) is 0. The molecule has 1 aromatic rings. The lowest BCUT2D eigenvalue weighted by molar-refractivity contribution is 0.623. The van der Waals surface area contributed by atoms with Crippen molar-refractivity contribution in [2.24, 2.45) is 0 Å². The third kappa shape index (κ3) is 3.70. The van der Waals surface area contributed by atoms with E-state index < -0.39 is 8.80 Å². The molecule has 0 saturated carbocycles. The summed E-state index contributed by atoms with van der Waals surface area (Å²) in [6, 6.07) is 12.3. The minimum Gasteiger partial charge on any atom is -0.0654 e. The van der Waals surface area contributed by atoms with Gasteiger partial charge < -0.3 is 0 Å². The van der Waals surface area contributed by atoms with E-state index in [0.29, 0.717) is 0 Å². The molecule has 94 valence electrons.